The van der Waals surface area contributed by atoms with Crippen molar-refractivity contribution in [2.45, 2.75) is 13.0 Å². The summed E-state index contributed by atoms with van der Waals surface area (Å²) < 4.78 is 0. The Morgan fingerprint density at radius 2 is 1.42 bits per heavy atom. The Morgan fingerprint density at radius 1 is 0.839 bits per heavy atom. The molecule has 3 aromatic carbocycles. The molecular formula is C26H28N3O2+. The molecule has 0 spiro atoms. The number of carbonyl (C=O) groups is 2. The molecule has 5 nitrogen and oxygen atoms in total. The predicted octanol–water partition coefficient (Wildman–Crippen LogP) is 2.72. The van der Waals surface area contributed by atoms with Crippen molar-refractivity contribution in [1.29, 1.82) is 0 Å². The van der Waals surface area contributed by atoms with Crippen molar-refractivity contribution in [3.05, 3.63) is 102 Å². The van der Waals surface area contributed by atoms with E-state index < -0.39 is 0 Å². The number of piperazine rings is 1. The first-order valence-electron chi connectivity index (χ1n) is 10.7. The molecule has 2 N–H and O–H groups in total. The van der Waals surface area contributed by atoms with Gasteiger partial charge in [-0.15, -0.1) is 0 Å². The molecule has 31 heavy (non-hydrogen) atoms. The van der Waals surface area contributed by atoms with Crippen LogP contribution in [0.5, 0.6) is 0 Å². The molecule has 0 aromatic heterocycles. The maximum absolute atomic E-state index is 13.3. The third-order valence-electron chi connectivity index (χ3n) is 5.84. The van der Waals surface area contributed by atoms with Crippen molar-refractivity contribution in [2.75, 3.05) is 31.5 Å². The smallest absolute Gasteiger partial charge is 0.287 e. The Hall–Kier alpha value is -3.44. The van der Waals surface area contributed by atoms with Crippen LogP contribution < -0.4 is 10.2 Å². The lowest BCUT2D eigenvalue weighted by atomic mass is 10.0. The predicted molar refractivity (Wildman–Crippen MR) is 122 cm³/mol. The fourth-order valence-corrected chi connectivity index (χ4v) is 4.12. The van der Waals surface area contributed by atoms with Gasteiger partial charge in [0.25, 0.3) is 11.8 Å². The Labute approximate surface area is 183 Å². The average Bonchev–Trinajstić information content (AvgIpc) is 2.82. The third kappa shape index (κ3) is 5.01. The van der Waals surface area contributed by atoms with Crippen molar-refractivity contribution >= 4 is 17.5 Å². The number of hydrogen-bond donors (Lipinski definition) is 2. The van der Waals surface area contributed by atoms with Crippen LogP contribution >= 0.6 is 0 Å². The van der Waals surface area contributed by atoms with Crippen LogP contribution in [-0.4, -0.2) is 42.9 Å². The number of nitrogens with one attached hydrogen (secondary N) is 2. The molecule has 1 atom stereocenters. The maximum atomic E-state index is 13.3. The maximum Gasteiger partial charge on any atom is 0.287 e. The highest BCUT2D eigenvalue weighted by molar-refractivity contribution is 5.95. The summed E-state index contributed by atoms with van der Waals surface area (Å²) in [6, 6.07) is 26.8. The summed E-state index contributed by atoms with van der Waals surface area (Å²) in [6.45, 7) is 4.73. The number of rotatable bonds is 5. The van der Waals surface area contributed by atoms with E-state index >= 15 is 0 Å². The number of anilines is 1. The monoisotopic (exact) mass is 414 g/mol. The molecule has 4 rings (SSSR count). The molecule has 3 aromatic rings. The highest BCUT2D eigenvalue weighted by Crippen LogP contribution is 2.15. The van der Waals surface area contributed by atoms with Gasteiger partial charge in [-0.3, -0.25) is 9.59 Å². The fourth-order valence-electron chi connectivity index (χ4n) is 4.12. The number of nitrogens with zero attached hydrogens (tertiary/aromatic N) is 1. The van der Waals surface area contributed by atoms with E-state index in [1.165, 1.54) is 4.90 Å². The molecule has 1 fully saturated rings. The molecular weight excluding hydrogens is 386 g/mol. The molecule has 1 heterocycles. The van der Waals surface area contributed by atoms with E-state index in [1.807, 2.05) is 96.8 Å². The molecule has 0 saturated carbocycles. The van der Waals surface area contributed by atoms with Gasteiger partial charge in [0.05, 0.1) is 26.2 Å². The largest absolute Gasteiger partial charge is 0.327 e. The Kier molecular flexibility index (Phi) is 6.43. The fraction of sp³-hybridized carbons (Fsp3) is 0.231. The molecule has 5 heteroatoms. The van der Waals surface area contributed by atoms with Crippen LogP contribution in [0.1, 0.15) is 27.5 Å². The van der Waals surface area contributed by atoms with Crippen LogP contribution in [0.25, 0.3) is 0 Å². The summed E-state index contributed by atoms with van der Waals surface area (Å²) in [5.74, 6) is 0.0351. The molecule has 1 aliphatic heterocycles. The highest BCUT2D eigenvalue weighted by atomic mass is 16.2. The lowest BCUT2D eigenvalue weighted by Crippen LogP contribution is -3.16. The van der Waals surface area contributed by atoms with Crippen LogP contribution in [0.4, 0.5) is 5.69 Å². The van der Waals surface area contributed by atoms with Crippen LogP contribution in [0, 0.1) is 6.92 Å². The van der Waals surface area contributed by atoms with Crippen molar-refractivity contribution in [2.24, 2.45) is 0 Å². The number of carbonyl (C=O) groups excluding carboxylic acids is 2. The van der Waals surface area contributed by atoms with Gasteiger partial charge in [-0.05, 0) is 31.2 Å². The van der Waals surface area contributed by atoms with Gasteiger partial charge in [-0.2, -0.15) is 0 Å². The van der Waals surface area contributed by atoms with E-state index in [4.69, 9.17) is 0 Å². The minimum absolute atomic E-state index is 0.0205. The number of quaternary nitrogens is 1. The van der Waals surface area contributed by atoms with E-state index in [2.05, 4.69) is 5.32 Å². The SMILES string of the molecule is Cc1ccc(NC(=O)[C@H](c2ccccc2)[NH+]2CCN(C(=O)c3ccccc3)CC2)cc1. The van der Waals surface area contributed by atoms with Gasteiger partial charge in [0.15, 0.2) is 6.04 Å². The minimum atomic E-state index is -0.323. The van der Waals surface area contributed by atoms with Gasteiger partial charge in [0.2, 0.25) is 0 Å². The minimum Gasteiger partial charge on any atom is -0.327 e. The van der Waals surface area contributed by atoms with Crippen LogP contribution in [0.2, 0.25) is 0 Å². The molecule has 1 saturated heterocycles. The second-order valence-corrected chi connectivity index (χ2v) is 8.02. The van der Waals surface area contributed by atoms with Gasteiger partial charge in [0, 0.05) is 16.8 Å². The Bertz CT molecular complexity index is 1010. The van der Waals surface area contributed by atoms with Crippen LogP contribution in [0.15, 0.2) is 84.9 Å². The van der Waals surface area contributed by atoms with E-state index in [0.29, 0.717) is 18.7 Å². The summed E-state index contributed by atoms with van der Waals surface area (Å²) in [6.07, 6.45) is 0. The molecule has 2 amide bonds. The summed E-state index contributed by atoms with van der Waals surface area (Å²) in [5.41, 5.74) is 3.66. The Morgan fingerprint density at radius 3 is 2.03 bits per heavy atom. The number of amides is 2. The standard InChI is InChI=1S/C26H27N3O2/c1-20-12-14-23(15-13-20)27-25(30)24(21-8-4-2-5-9-21)28-16-18-29(19-17-28)26(31)22-10-6-3-7-11-22/h2-15,24H,16-19H2,1H3,(H,27,30)/p+1/t24-/m0/s1. The first-order valence-corrected chi connectivity index (χ1v) is 10.7. The van der Waals surface area contributed by atoms with E-state index in [1.54, 1.807) is 0 Å². The second kappa shape index (κ2) is 9.58. The van der Waals surface area contributed by atoms with Crippen molar-refractivity contribution in [1.82, 2.24) is 4.90 Å². The summed E-state index contributed by atoms with van der Waals surface area (Å²) in [7, 11) is 0. The second-order valence-electron chi connectivity index (χ2n) is 8.02. The molecule has 1 aliphatic rings. The van der Waals surface area contributed by atoms with E-state index in [-0.39, 0.29) is 17.9 Å². The zero-order valence-electron chi connectivity index (χ0n) is 17.8. The van der Waals surface area contributed by atoms with Gasteiger partial charge in [-0.25, -0.2) is 0 Å². The van der Waals surface area contributed by atoms with Gasteiger partial charge in [0.1, 0.15) is 0 Å². The van der Waals surface area contributed by atoms with Crippen LogP contribution in [-0.2, 0) is 4.79 Å². The molecule has 0 unspecified atom stereocenters. The van der Waals surface area contributed by atoms with E-state index in [0.717, 1.165) is 29.9 Å². The van der Waals surface area contributed by atoms with E-state index in [9.17, 15) is 9.59 Å². The first kappa shape index (κ1) is 20.8. The van der Waals surface area contributed by atoms with Crippen molar-refractivity contribution in [3.63, 3.8) is 0 Å². The number of aryl methyl sites for hydroxylation is 1. The summed E-state index contributed by atoms with van der Waals surface area (Å²) in [5, 5.41) is 3.08. The van der Waals surface area contributed by atoms with Crippen molar-refractivity contribution < 1.29 is 14.5 Å². The molecule has 0 radical (unpaired) electrons. The summed E-state index contributed by atoms with van der Waals surface area (Å²) in [4.78, 5) is 29.2. The average molecular weight is 415 g/mol. The number of hydrogen-bond acceptors (Lipinski definition) is 2. The normalized spacial score (nSPS) is 15.3. The molecule has 0 bridgehead atoms. The highest BCUT2D eigenvalue weighted by Gasteiger charge is 2.35. The zero-order chi connectivity index (χ0) is 21.6. The Balaban J connectivity index is 1.48. The quantitative estimate of drug-likeness (QED) is 0.675. The van der Waals surface area contributed by atoms with Crippen LogP contribution in [0.3, 0.4) is 0 Å². The lowest BCUT2D eigenvalue weighted by Gasteiger charge is -2.36. The lowest BCUT2D eigenvalue weighted by molar-refractivity contribution is -0.925. The van der Waals surface area contributed by atoms with Crippen molar-refractivity contribution in [3.8, 4) is 0 Å². The zero-order valence-corrected chi connectivity index (χ0v) is 17.8. The van der Waals surface area contributed by atoms with Gasteiger partial charge < -0.3 is 15.1 Å². The first-order chi connectivity index (χ1) is 15.1. The summed E-state index contributed by atoms with van der Waals surface area (Å²) >= 11 is 0. The topological polar surface area (TPSA) is 53.9 Å². The third-order valence-corrected chi connectivity index (χ3v) is 5.84. The van der Waals surface area contributed by atoms with Gasteiger partial charge in [-0.1, -0.05) is 66.2 Å². The van der Waals surface area contributed by atoms with Gasteiger partial charge >= 0.3 is 0 Å². The number of benzene rings is 3. The molecule has 158 valence electrons. The molecule has 0 aliphatic carbocycles.